The number of amides is 3. The number of nitrogens with one attached hydrogen (secondary N) is 1. The minimum Gasteiger partial charge on any atom is -0.385 e. The molecule has 41 heavy (non-hydrogen) atoms. The molecule has 0 aliphatic carbocycles. The van der Waals surface area contributed by atoms with Crippen molar-refractivity contribution in [2.75, 3.05) is 44.1 Å². The molecule has 0 spiro atoms. The summed E-state index contributed by atoms with van der Waals surface area (Å²) in [6, 6.07) is 5.48. The van der Waals surface area contributed by atoms with E-state index in [0.29, 0.717) is 55.0 Å². The number of urea groups is 1. The largest absolute Gasteiger partial charge is 0.385 e. The van der Waals surface area contributed by atoms with Gasteiger partial charge in [-0.2, -0.15) is 5.26 Å². The van der Waals surface area contributed by atoms with Crippen molar-refractivity contribution >= 4 is 29.9 Å². The molecule has 0 radical (unpaired) electrons. The number of pyridine rings is 2. The van der Waals surface area contributed by atoms with Gasteiger partial charge in [-0.3, -0.25) is 24.7 Å². The Morgan fingerprint density at radius 1 is 1.27 bits per heavy atom. The molecule has 11 nitrogen and oxygen atoms in total. The molecule has 218 valence electrons. The van der Waals surface area contributed by atoms with Gasteiger partial charge in [-0.05, 0) is 82.2 Å². The highest BCUT2D eigenvalue weighted by molar-refractivity contribution is 6.01. The van der Waals surface area contributed by atoms with Crippen molar-refractivity contribution < 1.29 is 19.1 Å². The van der Waals surface area contributed by atoms with Gasteiger partial charge in [0.05, 0.1) is 11.6 Å². The van der Waals surface area contributed by atoms with Gasteiger partial charge in [-0.15, -0.1) is 0 Å². The smallest absolute Gasteiger partial charge is 0.328 e. The Labute approximate surface area is 241 Å². The Balaban J connectivity index is 1.51. The van der Waals surface area contributed by atoms with Gasteiger partial charge >= 0.3 is 6.03 Å². The summed E-state index contributed by atoms with van der Waals surface area (Å²) in [6.45, 7) is 6.38. The van der Waals surface area contributed by atoms with Crippen LogP contribution in [0, 0.1) is 11.3 Å². The van der Waals surface area contributed by atoms with Crippen LogP contribution in [0.25, 0.3) is 0 Å². The molecule has 2 aromatic rings. The third kappa shape index (κ3) is 6.89. The second kappa shape index (κ2) is 13.7. The monoisotopic (exact) mass is 561 g/mol. The van der Waals surface area contributed by atoms with Crippen molar-refractivity contribution in [3.05, 3.63) is 46.3 Å². The third-order valence-corrected chi connectivity index (χ3v) is 7.80. The van der Waals surface area contributed by atoms with E-state index in [0.717, 1.165) is 43.4 Å². The molecule has 0 saturated carbocycles. The molecular weight excluding hydrogens is 522 g/mol. The zero-order valence-electron chi connectivity index (χ0n) is 24.4. The first-order chi connectivity index (χ1) is 19.8. The van der Waals surface area contributed by atoms with Crippen LogP contribution in [-0.2, 0) is 28.9 Å². The lowest BCUT2D eigenvalue weighted by Crippen LogP contribution is -2.46. The van der Waals surface area contributed by atoms with Crippen LogP contribution in [0.1, 0.15) is 72.3 Å². The zero-order valence-corrected chi connectivity index (χ0v) is 24.4. The van der Waals surface area contributed by atoms with Gasteiger partial charge in [-0.25, -0.2) is 14.8 Å². The van der Waals surface area contributed by atoms with Crippen LogP contribution in [0.3, 0.4) is 0 Å². The van der Waals surface area contributed by atoms with E-state index in [2.05, 4.69) is 40.1 Å². The second-order valence-corrected chi connectivity index (χ2v) is 10.9. The molecule has 1 N–H and O–H groups in total. The van der Waals surface area contributed by atoms with Gasteiger partial charge in [0, 0.05) is 51.7 Å². The van der Waals surface area contributed by atoms with E-state index in [1.165, 1.54) is 11.1 Å². The number of likely N-dealkylation sites (tertiary alicyclic amines) is 1. The van der Waals surface area contributed by atoms with Crippen molar-refractivity contribution in [3.8, 4) is 6.07 Å². The predicted octanol–water partition coefficient (Wildman–Crippen LogP) is 3.56. The lowest BCUT2D eigenvalue weighted by atomic mass is 10.0. The van der Waals surface area contributed by atoms with Crippen LogP contribution in [0.15, 0.2) is 18.3 Å². The summed E-state index contributed by atoms with van der Waals surface area (Å²) in [5, 5.41) is 12.3. The number of anilines is 2. The highest BCUT2D eigenvalue weighted by Crippen LogP contribution is 2.29. The van der Waals surface area contributed by atoms with Crippen molar-refractivity contribution in [1.82, 2.24) is 19.8 Å². The maximum absolute atomic E-state index is 13.3. The first-order valence-corrected chi connectivity index (χ1v) is 14.2. The van der Waals surface area contributed by atoms with E-state index in [4.69, 9.17) is 4.74 Å². The molecule has 0 bridgehead atoms. The SMILES string of the molecule is COCCCc1cc(NC(=O)N2CCCc3cc(CN(C)C(=O)[C@@H]4CCCN4C(C)C)c(C=O)nc32)ncc1C#N. The number of hydrogen-bond donors (Lipinski definition) is 1. The topological polar surface area (TPSA) is 132 Å². The van der Waals surface area contributed by atoms with E-state index < -0.39 is 6.03 Å². The number of aryl methyl sites for hydroxylation is 2. The average molecular weight is 562 g/mol. The molecule has 1 atom stereocenters. The van der Waals surface area contributed by atoms with Crippen molar-refractivity contribution in [2.45, 2.75) is 71.0 Å². The summed E-state index contributed by atoms with van der Waals surface area (Å²) in [6.07, 6.45) is 6.76. The zero-order chi connectivity index (χ0) is 29.5. The van der Waals surface area contributed by atoms with Gasteiger partial charge < -0.3 is 9.64 Å². The summed E-state index contributed by atoms with van der Waals surface area (Å²) in [5.41, 5.74) is 2.98. The fourth-order valence-electron chi connectivity index (χ4n) is 5.70. The summed E-state index contributed by atoms with van der Waals surface area (Å²) < 4.78 is 5.11. The molecule has 2 aliphatic rings. The lowest BCUT2D eigenvalue weighted by molar-refractivity contribution is -0.135. The highest BCUT2D eigenvalue weighted by atomic mass is 16.5. The number of carbonyl (C=O) groups is 3. The number of nitriles is 1. The molecule has 11 heteroatoms. The normalized spacial score (nSPS) is 16.8. The number of aromatic nitrogens is 2. The van der Waals surface area contributed by atoms with Gasteiger partial charge in [-0.1, -0.05) is 0 Å². The van der Waals surface area contributed by atoms with Crippen LogP contribution in [0.2, 0.25) is 0 Å². The number of methoxy groups -OCH3 is 1. The molecule has 0 unspecified atom stereocenters. The van der Waals surface area contributed by atoms with E-state index in [9.17, 15) is 19.6 Å². The van der Waals surface area contributed by atoms with Gasteiger partial charge in [0.2, 0.25) is 5.91 Å². The van der Waals surface area contributed by atoms with E-state index in [-0.39, 0.29) is 30.2 Å². The van der Waals surface area contributed by atoms with Gasteiger partial charge in [0.25, 0.3) is 0 Å². The minimum absolute atomic E-state index is 0.0447. The first kappa shape index (κ1) is 30.1. The standard InChI is InChI=1S/C30H39N7O4/c1-20(2)36-11-6-10-26(36)29(39)35(3)18-23-14-22-8-5-12-37(28(22)33-25(23)19-38)30(40)34-27-15-21(9-7-13-41-4)24(16-31)17-32-27/h14-15,17,19-20,26H,5-13,18H2,1-4H3,(H,32,34,40)/t26-/m0/s1. The van der Waals surface area contributed by atoms with Crippen LogP contribution in [0.5, 0.6) is 0 Å². The van der Waals surface area contributed by atoms with Crippen LogP contribution >= 0.6 is 0 Å². The van der Waals surface area contributed by atoms with Crippen molar-refractivity contribution in [3.63, 3.8) is 0 Å². The number of likely N-dealkylation sites (N-methyl/N-ethyl adjacent to an activating group) is 1. The fraction of sp³-hybridized carbons (Fsp3) is 0.533. The number of ether oxygens (including phenoxy) is 1. The third-order valence-electron chi connectivity index (χ3n) is 7.80. The second-order valence-electron chi connectivity index (χ2n) is 10.9. The Morgan fingerprint density at radius 2 is 2.07 bits per heavy atom. The van der Waals surface area contributed by atoms with Gasteiger partial charge in [0.15, 0.2) is 6.29 Å². The molecule has 4 heterocycles. The Bertz CT molecular complexity index is 1320. The van der Waals surface area contributed by atoms with E-state index in [1.807, 2.05) is 6.07 Å². The van der Waals surface area contributed by atoms with Crippen molar-refractivity contribution in [1.29, 1.82) is 5.26 Å². The molecular formula is C30H39N7O4. The number of carbonyl (C=O) groups excluding carboxylic acids is 3. The maximum Gasteiger partial charge on any atom is 0.328 e. The summed E-state index contributed by atoms with van der Waals surface area (Å²) in [4.78, 5) is 53.0. The van der Waals surface area contributed by atoms with Crippen LogP contribution in [0.4, 0.5) is 16.4 Å². The molecule has 1 saturated heterocycles. The average Bonchev–Trinajstić information content (AvgIpc) is 3.47. The van der Waals surface area contributed by atoms with E-state index in [1.54, 1.807) is 25.1 Å². The van der Waals surface area contributed by atoms with Crippen LogP contribution in [-0.4, -0.2) is 83.9 Å². The van der Waals surface area contributed by atoms with Crippen molar-refractivity contribution in [2.24, 2.45) is 0 Å². The molecule has 2 aliphatic heterocycles. The molecule has 1 fully saturated rings. The first-order valence-electron chi connectivity index (χ1n) is 14.2. The number of hydrogen-bond acceptors (Lipinski definition) is 8. The molecule has 3 amide bonds. The van der Waals surface area contributed by atoms with Crippen LogP contribution < -0.4 is 10.2 Å². The number of fused-ring (bicyclic) bond motifs is 1. The number of aldehydes is 1. The summed E-state index contributed by atoms with van der Waals surface area (Å²) in [5.74, 6) is 0.816. The minimum atomic E-state index is -0.412. The number of rotatable bonds is 10. The Hall–Kier alpha value is -3.88. The number of nitrogens with zero attached hydrogens (tertiary/aromatic N) is 6. The summed E-state index contributed by atoms with van der Waals surface area (Å²) in [7, 11) is 3.39. The van der Waals surface area contributed by atoms with Gasteiger partial charge in [0.1, 0.15) is 23.4 Å². The Kier molecular flexibility index (Phi) is 10.0. The quantitative estimate of drug-likeness (QED) is 0.344. The summed E-state index contributed by atoms with van der Waals surface area (Å²) >= 11 is 0. The fourth-order valence-corrected chi connectivity index (χ4v) is 5.70. The molecule has 0 aromatic carbocycles. The van der Waals surface area contributed by atoms with E-state index >= 15 is 0 Å². The lowest BCUT2D eigenvalue weighted by Gasteiger charge is -2.31. The predicted molar refractivity (Wildman–Crippen MR) is 155 cm³/mol. The molecule has 2 aromatic heterocycles. The molecule has 4 rings (SSSR count). The maximum atomic E-state index is 13.3. The highest BCUT2D eigenvalue weighted by Gasteiger charge is 2.34. The Morgan fingerprint density at radius 3 is 2.78 bits per heavy atom.